The van der Waals surface area contributed by atoms with Gasteiger partial charge in [0.05, 0.1) is 11.4 Å². The maximum absolute atomic E-state index is 13.5. The predicted octanol–water partition coefficient (Wildman–Crippen LogP) is 5.65. The van der Waals surface area contributed by atoms with E-state index < -0.39 is 0 Å². The van der Waals surface area contributed by atoms with Gasteiger partial charge >= 0.3 is 6.03 Å². The number of fused-ring (bicyclic) bond motifs is 2. The summed E-state index contributed by atoms with van der Waals surface area (Å²) >= 11 is 0. The molecule has 0 aromatic heterocycles. The van der Waals surface area contributed by atoms with Gasteiger partial charge in [-0.3, -0.25) is 9.80 Å². The Morgan fingerprint density at radius 2 is 1.46 bits per heavy atom. The second-order valence-electron chi connectivity index (χ2n) is 6.92. The molecule has 0 N–H and O–H groups in total. The number of benzene rings is 2. The summed E-state index contributed by atoms with van der Waals surface area (Å²) in [4.78, 5) is 19.8. The molecule has 1 aliphatic heterocycles. The Morgan fingerprint density at radius 1 is 0.893 bits per heavy atom. The van der Waals surface area contributed by atoms with Crippen molar-refractivity contribution in [3.63, 3.8) is 0 Å². The molecule has 5 heteroatoms. The summed E-state index contributed by atoms with van der Waals surface area (Å²) in [5.41, 5.74) is 4.48. The third-order valence-electron chi connectivity index (χ3n) is 5.66. The van der Waals surface area contributed by atoms with Gasteiger partial charge in [-0.2, -0.15) is 0 Å². The molecule has 2 aromatic rings. The Morgan fingerprint density at radius 3 is 2.07 bits per heavy atom. The standard InChI is InChI=1S/C23H31N3O.ClH/c1-5-24(6-2)22-17-18-13-9-11-15-20(18)26(23(27)25(7-3)8-4)21-16-12-10-14-19(21)22;/h9-16,22H,5-8,17H2,1-4H3;1H. The van der Waals surface area contributed by atoms with Gasteiger partial charge in [-0.05, 0) is 56.6 Å². The monoisotopic (exact) mass is 401 g/mol. The minimum absolute atomic E-state index is 0. The number of urea groups is 1. The van der Waals surface area contributed by atoms with Crippen LogP contribution in [0.25, 0.3) is 0 Å². The van der Waals surface area contributed by atoms with Crippen molar-refractivity contribution in [2.24, 2.45) is 0 Å². The number of nitrogens with zero attached hydrogens (tertiary/aromatic N) is 3. The first-order chi connectivity index (χ1) is 13.2. The zero-order valence-corrected chi connectivity index (χ0v) is 18.2. The summed E-state index contributed by atoms with van der Waals surface area (Å²) in [6.07, 6.45) is 0.914. The normalized spacial score (nSPS) is 15.3. The second kappa shape index (κ2) is 9.94. The van der Waals surface area contributed by atoms with Gasteiger partial charge in [-0.15, -0.1) is 12.4 Å². The summed E-state index contributed by atoms with van der Waals surface area (Å²) in [6, 6.07) is 17.1. The molecule has 0 aliphatic carbocycles. The lowest BCUT2D eigenvalue weighted by Crippen LogP contribution is -2.41. The molecule has 1 heterocycles. The van der Waals surface area contributed by atoms with Crippen LogP contribution in [0.2, 0.25) is 0 Å². The maximum Gasteiger partial charge on any atom is 0.329 e. The quantitative estimate of drug-likeness (QED) is 0.647. The lowest BCUT2D eigenvalue weighted by Gasteiger charge is -2.32. The van der Waals surface area contributed by atoms with Crippen LogP contribution in [0, 0.1) is 0 Å². The van der Waals surface area contributed by atoms with Gasteiger partial charge < -0.3 is 4.90 Å². The van der Waals surface area contributed by atoms with Crippen LogP contribution in [0.1, 0.15) is 44.9 Å². The number of likely N-dealkylation sites (N-methyl/N-ethyl adjacent to an activating group) is 1. The lowest BCUT2D eigenvalue weighted by atomic mass is 9.97. The van der Waals surface area contributed by atoms with Crippen LogP contribution in [0.4, 0.5) is 16.2 Å². The molecular formula is C23H32ClN3O. The summed E-state index contributed by atoms with van der Waals surface area (Å²) in [5.74, 6) is 0. The molecule has 3 rings (SSSR count). The minimum atomic E-state index is 0. The van der Waals surface area contributed by atoms with Crippen LogP contribution in [0.15, 0.2) is 48.5 Å². The van der Waals surface area contributed by atoms with Gasteiger partial charge in [0.15, 0.2) is 0 Å². The zero-order valence-electron chi connectivity index (χ0n) is 17.4. The van der Waals surface area contributed by atoms with E-state index in [4.69, 9.17) is 0 Å². The molecule has 0 bridgehead atoms. The number of carbonyl (C=O) groups excluding carboxylic acids is 1. The smallest absolute Gasteiger partial charge is 0.325 e. The van der Waals surface area contributed by atoms with E-state index in [9.17, 15) is 4.79 Å². The van der Waals surface area contributed by atoms with E-state index in [1.807, 2.05) is 35.8 Å². The van der Waals surface area contributed by atoms with E-state index in [0.29, 0.717) is 13.1 Å². The molecule has 4 nitrogen and oxygen atoms in total. The van der Waals surface area contributed by atoms with E-state index in [0.717, 1.165) is 30.9 Å². The number of hydrogen-bond acceptors (Lipinski definition) is 2. The highest BCUT2D eigenvalue weighted by molar-refractivity contribution is 6.01. The summed E-state index contributed by atoms with van der Waals surface area (Å²) < 4.78 is 0. The van der Waals surface area contributed by atoms with Crippen molar-refractivity contribution in [1.82, 2.24) is 9.80 Å². The van der Waals surface area contributed by atoms with Crippen molar-refractivity contribution >= 4 is 29.8 Å². The van der Waals surface area contributed by atoms with Gasteiger partial charge in [0.25, 0.3) is 0 Å². The highest BCUT2D eigenvalue weighted by Gasteiger charge is 2.33. The van der Waals surface area contributed by atoms with Gasteiger partial charge in [-0.25, -0.2) is 4.79 Å². The molecule has 2 aromatic carbocycles. The highest BCUT2D eigenvalue weighted by Crippen LogP contribution is 2.42. The number of carbonyl (C=O) groups is 1. The Bertz CT molecular complexity index is 787. The molecule has 0 spiro atoms. The van der Waals surface area contributed by atoms with E-state index in [-0.39, 0.29) is 24.5 Å². The minimum Gasteiger partial charge on any atom is -0.325 e. The number of hydrogen-bond donors (Lipinski definition) is 0. The van der Waals surface area contributed by atoms with Gasteiger partial charge in [0, 0.05) is 19.1 Å². The number of amides is 2. The SMILES string of the molecule is CCN(CC)C(=O)N1c2ccccc2CC(N(CC)CC)c2ccccc21.Cl. The Balaban J connectivity index is 0.00000280. The zero-order chi connectivity index (χ0) is 19.4. The molecule has 2 amide bonds. The molecule has 0 saturated heterocycles. The summed E-state index contributed by atoms with van der Waals surface area (Å²) in [5, 5.41) is 0. The predicted molar refractivity (Wildman–Crippen MR) is 120 cm³/mol. The number of rotatable bonds is 5. The molecule has 28 heavy (non-hydrogen) atoms. The van der Waals surface area contributed by atoms with Crippen molar-refractivity contribution in [2.45, 2.75) is 40.2 Å². The Hall–Kier alpha value is -2.04. The number of halogens is 1. The van der Waals surface area contributed by atoms with E-state index in [1.165, 1.54) is 11.1 Å². The topological polar surface area (TPSA) is 26.8 Å². The Labute approximate surface area is 175 Å². The van der Waals surface area contributed by atoms with Crippen LogP contribution < -0.4 is 4.90 Å². The van der Waals surface area contributed by atoms with Crippen LogP contribution in [0.3, 0.4) is 0 Å². The third-order valence-corrected chi connectivity index (χ3v) is 5.66. The van der Waals surface area contributed by atoms with Crippen LogP contribution in [0.5, 0.6) is 0 Å². The maximum atomic E-state index is 13.5. The third kappa shape index (κ3) is 4.03. The largest absolute Gasteiger partial charge is 0.329 e. The van der Waals surface area contributed by atoms with E-state index in [1.54, 1.807) is 0 Å². The average molecular weight is 402 g/mol. The fraction of sp³-hybridized carbons (Fsp3) is 0.435. The van der Waals surface area contributed by atoms with Crippen LogP contribution >= 0.6 is 12.4 Å². The highest BCUT2D eigenvalue weighted by atomic mass is 35.5. The Kier molecular flexibility index (Phi) is 7.90. The molecule has 0 saturated carbocycles. The van der Waals surface area contributed by atoms with Crippen molar-refractivity contribution in [2.75, 3.05) is 31.1 Å². The fourth-order valence-electron chi connectivity index (χ4n) is 4.15. The van der Waals surface area contributed by atoms with Crippen molar-refractivity contribution in [3.8, 4) is 0 Å². The molecular weight excluding hydrogens is 370 g/mol. The first-order valence-electron chi connectivity index (χ1n) is 10.2. The summed E-state index contributed by atoms with van der Waals surface area (Å²) in [7, 11) is 0. The van der Waals surface area contributed by atoms with Crippen LogP contribution in [-0.4, -0.2) is 42.0 Å². The molecule has 152 valence electrons. The van der Waals surface area contributed by atoms with Gasteiger partial charge in [0.2, 0.25) is 0 Å². The molecule has 1 unspecified atom stereocenters. The van der Waals surface area contributed by atoms with Crippen molar-refractivity contribution in [3.05, 3.63) is 59.7 Å². The average Bonchev–Trinajstić information content (AvgIpc) is 2.84. The van der Waals surface area contributed by atoms with Crippen molar-refractivity contribution in [1.29, 1.82) is 0 Å². The molecule has 1 aliphatic rings. The number of anilines is 2. The number of para-hydroxylation sites is 2. The van der Waals surface area contributed by atoms with Gasteiger partial charge in [0.1, 0.15) is 0 Å². The van der Waals surface area contributed by atoms with E-state index >= 15 is 0 Å². The first-order valence-corrected chi connectivity index (χ1v) is 10.2. The second-order valence-corrected chi connectivity index (χ2v) is 6.92. The molecule has 0 radical (unpaired) electrons. The van der Waals surface area contributed by atoms with E-state index in [2.05, 4.69) is 55.1 Å². The lowest BCUT2D eigenvalue weighted by molar-refractivity contribution is 0.212. The summed E-state index contributed by atoms with van der Waals surface area (Å²) in [6.45, 7) is 11.9. The fourth-order valence-corrected chi connectivity index (χ4v) is 4.15. The van der Waals surface area contributed by atoms with Gasteiger partial charge in [-0.1, -0.05) is 50.2 Å². The molecule has 0 fully saturated rings. The van der Waals surface area contributed by atoms with Crippen LogP contribution in [-0.2, 0) is 6.42 Å². The van der Waals surface area contributed by atoms with Crippen molar-refractivity contribution < 1.29 is 4.79 Å². The first kappa shape index (κ1) is 22.3. The molecule has 1 atom stereocenters.